The molecule has 20 heavy (non-hydrogen) atoms. The second-order valence-corrected chi connectivity index (χ2v) is 5.99. The van der Waals surface area contributed by atoms with E-state index < -0.39 is 0 Å². The first-order chi connectivity index (χ1) is 9.70. The van der Waals surface area contributed by atoms with Crippen molar-refractivity contribution in [1.29, 1.82) is 0 Å². The van der Waals surface area contributed by atoms with Crippen LogP contribution in [0.5, 0.6) is 0 Å². The van der Waals surface area contributed by atoms with E-state index in [0.717, 1.165) is 25.5 Å². The Labute approximate surface area is 132 Å². The Morgan fingerprint density at radius 3 is 2.65 bits per heavy atom. The number of aromatic nitrogens is 1. The molecule has 0 fully saturated rings. The summed E-state index contributed by atoms with van der Waals surface area (Å²) >= 11 is 7.00. The molecule has 3 N–H and O–H groups in total. The number of nitrogens with zero attached hydrogens (tertiary/aromatic N) is 1. The van der Waals surface area contributed by atoms with E-state index in [4.69, 9.17) is 10.3 Å². The molecule has 4 nitrogen and oxygen atoms in total. The van der Waals surface area contributed by atoms with E-state index in [2.05, 4.69) is 42.3 Å². The summed E-state index contributed by atoms with van der Waals surface area (Å²) < 4.78 is 7.22. The third-order valence-corrected chi connectivity index (χ3v) is 4.34. The van der Waals surface area contributed by atoms with Crippen LogP contribution in [0.4, 0.5) is 0 Å². The monoisotopic (exact) mass is 395 g/mol. The number of para-hydroxylation sites is 1. The third-order valence-electron chi connectivity index (χ3n) is 3.05. The van der Waals surface area contributed by atoms with Crippen molar-refractivity contribution in [3.05, 3.63) is 63.1 Å². The summed E-state index contributed by atoms with van der Waals surface area (Å²) in [5.41, 5.74) is 4.44. The Bertz CT molecular complexity index is 757. The van der Waals surface area contributed by atoms with Crippen LogP contribution in [-0.4, -0.2) is 4.98 Å². The van der Waals surface area contributed by atoms with Gasteiger partial charge < -0.3 is 4.42 Å². The number of hydrogen-bond acceptors (Lipinski definition) is 4. The first kappa shape index (κ1) is 13.8. The predicted octanol–water partition coefficient (Wildman–Crippen LogP) is 3.91. The highest BCUT2D eigenvalue weighted by Gasteiger charge is 2.23. The molecule has 3 aromatic rings. The highest BCUT2D eigenvalue weighted by molar-refractivity contribution is 9.10. The van der Waals surface area contributed by atoms with Crippen molar-refractivity contribution in [2.75, 3.05) is 0 Å². The van der Waals surface area contributed by atoms with Crippen molar-refractivity contribution in [2.24, 2.45) is 5.84 Å². The number of hydrogen-bond donors (Lipinski definition) is 2. The Morgan fingerprint density at radius 2 is 1.95 bits per heavy atom. The molecule has 0 aliphatic heterocycles. The molecule has 1 atom stereocenters. The van der Waals surface area contributed by atoms with Gasteiger partial charge in [0.25, 0.3) is 0 Å². The second kappa shape index (κ2) is 5.65. The average Bonchev–Trinajstić information content (AvgIpc) is 2.87. The predicted molar refractivity (Wildman–Crippen MR) is 85.0 cm³/mol. The van der Waals surface area contributed by atoms with Crippen LogP contribution in [0.25, 0.3) is 10.9 Å². The molecular weight excluding hydrogens is 386 g/mol. The van der Waals surface area contributed by atoms with Gasteiger partial charge in [-0.1, -0.05) is 18.2 Å². The van der Waals surface area contributed by atoms with Gasteiger partial charge in [0.1, 0.15) is 11.8 Å². The molecule has 0 amide bonds. The lowest BCUT2D eigenvalue weighted by Crippen LogP contribution is -2.29. The van der Waals surface area contributed by atoms with Gasteiger partial charge >= 0.3 is 0 Å². The quantitative estimate of drug-likeness (QED) is 0.520. The van der Waals surface area contributed by atoms with E-state index in [0.29, 0.717) is 5.76 Å². The second-order valence-electron chi connectivity index (χ2n) is 4.28. The summed E-state index contributed by atoms with van der Waals surface area (Å²) in [6, 6.07) is 11.4. The normalized spacial score (nSPS) is 12.8. The van der Waals surface area contributed by atoms with E-state index in [1.165, 1.54) is 0 Å². The lowest BCUT2D eigenvalue weighted by Gasteiger charge is -2.16. The van der Waals surface area contributed by atoms with Gasteiger partial charge in [0, 0.05) is 9.86 Å². The smallest absolute Gasteiger partial charge is 0.142 e. The van der Waals surface area contributed by atoms with E-state index in [1.807, 2.05) is 36.4 Å². The molecule has 6 heteroatoms. The molecule has 0 saturated heterocycles. The Kier molecular flexibility index (Phi) is 3.89. The highest BCUT2D eigenvalue weighted by atomic mass is 79.9. The number of fused-ring (bicyclic) bond motifs is 1. The molecule has 102 valence electrons. The zero-order valence-corrected chi connectivity index (χ0v) is 13.5. The Hall–Kier alpha value is -1.21. The van der Waals surface area contributed by atoms with Crippen LogP contribution < -0.4 is 11.3 Å². The van der Waals surface area contributed by atoms with Gasteiger partial charge in [0.05, 0.1) is 21.9 Å². The van der Waals surface area contributed by atoms with E-state index >= 15 is 0 Å². The first-order valence-electron chi connectivity index (χ1n) is 5.95. The van der Waals surface area contributed by atoms with E-state index in [9.17, 15) is 0 Å². The molecular formula is C14H11Br2N3O. The fourth-order valence-electron chi connectivity index (χ4n) is 2.10. The molecule has 1 aromatic carbocycles. The van der Waals surface area contributed by atoms with Gasteiger partial charge in [-0.2, -0.15) is 0 Å². The molecule has 2 heterocycles. The lowest BCUT2D eigenvalue weighted by atomic mass is 10.1. The molecule has 0 bridgehead atoms. The van der Waals surface area contributed by atoms with Crippen molar-refractivity contribution in [3.63, 3.8) is 0 Å². The number of nitrogens with one attached hydrogen (secondary N) is 1. The lowest BCUT2D eigenvalue weighted by molar-refractivity contribution is 0.444. The summed E-state index contributed by atoms with van der Waals surface area (Å²) in [7, 11) is 0. The molecule has 2 aromatic heterocycles. The molecule has 0 spiro atoms. The van der Waals surface area contributed by atoms with E-state index in [-0.39, 0.29) is 6.04 Å². The van der Waals surface area contributed by atoms with Gasteiger partial charge in [0.15, 0.2) is 0 Å². The number of benzene rings is 1. The number of pyridine rings is 1. The summed E-state index contributed by atoms with van der Waals surface area (Å²) in [6.45, 7) is 0. The van der Waals surface area contributed by atoms with Crippen LogP contribution in [0.2, 0.25) is 0 Å². The highest BCUT2D eigenvalue weighted by Crippen LogP contribution is 2.33. The van der Waals surface area contributed by atoms with Crippen LogP contribution in [0.1, 0.15) is 17.5 Å². The molecule has 0 aliphatic rings. The zero-order valence-electron chi connectivity index (χ0n) is 10.3. The molecule has 3 rings (SSSR count). The minimum Gasteiger partial charge on any atom is -0.466 e. The fraction of sp³-hybridized carbons (Fsp3) is 0.0714. The summed E-state index contributed by atoms with van der Waals surface area (Å²) in [5, 5.41) is 1.07. The fourth-order valence-corrected chi connectivity index (χ4v) is 3.09. The summed E-state index contributed by atoms with van der Waals surface area (Å²) in [5.74, 6) is 6.38. The zero-order chi connectivity index (χ0) is 14.1. The molecule has 0 radical (unpaired) electrons. The van der Waals surface area contributed by atoms with Gasteiger partial charge in [-0.25, -0.2) is 10.4 Å². The van der Waals surface area contributed by atoms with Gasteiger partial charge in [-0.15, -0.1) is 0 Å². The average molecular weight is 397 g/mol. The summed E-state index contributed by atoms with van der Waals surface area (Å²) in [6.07, 6.45) is 1.61. The summed E-state index contributed by atoms with van der Waals surface area (Å²) in [4.78, 5) is 4.67. The Morgan fingerprint density at radius 1 is 1.15 bits per heavy atom. The van der Waals surface area contributed by atoms with Crippen LogP contribution in [0.15, 0.2) is 56.0 Å². The van der Waals surface area contributed by atoms with Crippen molar-refractivity contribution < 1.29 is 4.42 Å². The van der Waals surface area contributed by atoms with Crippen LogP contribution in [0.3, 0.4) is 0 Å². The minimum atomic E-state index is -0.335. The van der Waals surface area contributed by atoms with Gasteiger partial charge in [-0.3, -0.25) is 5.84 Å². The number of hydrazine groups is 1. The largest absolute Gasteiger partial charge is 0.466 e. The van der Waals surface area contributed by atoms with Gasteiger partial charge in [-0.05, 0) is 50.1 Å². The maximum Gasteiger partial charge on any atom is 0.142 e. The number of halogens is 2. The molecule has 0 aliphatic carbocycles. The standard InChI is InChI=1S/C14H11Br2N3O/c15-9-5-6-20-14(9)13(19-17)12-10(16)7-8-3-1-2-4-11(8)18-12/h1-7,13,19H,17H2. The van der Waals surface area contributed by atoms with Crippen LogP contribution in [0, 0.1) is 0 Å². The number of furan rings is 1. The van der Waals surface area contributed by atoms with Gasteiger partial charge in [0.2, 0.25) is 0 Å². The first-order valence-corrected chi connectivity index (χ1v) is 7.53. The third kappa shape index (κ3) is 2.40. The molecule has 0 saturated carbocycles. The van der Waals surface area contributed by atoms with Crippen molar-refractivity contribution in [2.45, 2.75) is 6.04 Å². The SMILES string of the molecule is NNC(c1nc2ccccc2cc1Br)c1occc1Br. The minimum absolute atomic E-state index is 0.335. The van der Waals surface area contributed by atoms with Crippen molar-refractivity contribution >= 4 is 42.8 Å². The van der Waals surface area contributed by atoms with Crippen LogP contribution >= 0.6 is 31.9 Å². The number of rotatable bonds is 3. The maximum atomic E-state index is 5.69. The Balaban J connectivity index is 2.17. The van der Waals surface area contributed by atoms with E-state index in [1.54, 1.807) is 6.26 Å². The maximum absolute atomic E-state index is 5.69. The molecule has 1 unspecified atom stereocenters. The van der Waals surface area contributed by atoms with Crippen LogP contribution in [-0.2, 0) is 0 Å². The number of nitrogens with two attached hydrogens (primary N) is 1. The van der Waals surface area contributed by atoms with Crippen molar-refractivity contribution in [3.8, 4) is 0 Å². The topological polar surface area (TPSA) is 64.1 Å². The van der Waals surface area contributed by atoms with Crippen molar-refractivity contribution in [1.82, 2.24) is 10.4 Å².